The van der Waals surface area contributed by atoms with Gasteiger partial charge in [-0.15, -0.1) is 0 Å². The van der Waals surface area contributed by atoms with E-state index in [9.17, 15) is 4.79 Å². The quantitative estimate of drug-likeness (QED) is 0.683. The van der Waals surface area contributed by atoms with Crippen molar-refractivity contribution in [2.24, 2.45) is 0 Å². The molecule has 0 saturated heterocycles. The van der Waals surface area contributed by atoms with Crippen LogP contribution in [0.15, 0.2) is 54.9 Å². The molecule has 0 aliphatic carbocycles. The van der Waals surface area contributed by atoms with E-state index in [0.717, 1.165) is 0 Å². The van der Waals surface area contributed by atoms with E-state index in [0.29, 0.717) is 32.8 Å². The van der Waals surface area contributed by atoms with E-state index < -0.39 is 5.91 Å². The summed E-state index contributed by atoms with van der Waals surface area (Å²) < 4.78 is 0. The lowest BCUT2D eigenvalue weighted by atomic mass is 10.2. The lowest BCUT2D eigenvalue weighted by molar-refractivity contribution is 0.102. The zero-order valence-electron chi connectivity index (χ0n) is 13.2. The number of halogens is 2. The van der Waals surface area contributed by atoms with Crippen molar-refractivity contribution < 1.29 is 4.79 Å². The second-order valence-corrected chi connectivity index (χ2v) is 6.00. The first-order valence-electron chi connectivity index (χ1n) is 7.41. The van der Waals surface area contributed by atoms with E-state index >= 15 is 0 Å². The summed E-state index contributed by atoms with van der Waals surface area (Å²) in [6.45, 7) is 0. The molecule has 26 heavy (non-hydrogen) atoms. The van der Waals surface area contributed by atoms with E-state index in [2.05, 4.69) is 20.6 Å². The van der Waals surface area contributed by atoms with Crippen LogP contribution in [0.4, 0.5) is 17.2 Å². The molecule has 1 amide bonds. The minimum atomic E-state index is -0.400. The number of hydrogen-bond acceptors (Lipinski definition) is 5. The Hall–Kier alpha value is -3.14. The third kappa shape index (κ3) is 4.28. The van der Waals surface area contributed by atoms with Crippen LogP contribution in [-0.2, 0) is 0 Å². The van der Waals surface area contributed by atoms with Crippen LogP contribution in [0.25, 0.3) is 0 Å². The molecule has 3 aromatic rings. The molecule has 6 nitrogen and oxygen atoms in total. The highest BCUT2D eigenvalue weighted by atomic mass is 35.5. The van der Waals surface area contributed by atoms with E-state index in [1.165, 1.54) is 12.4 Å². The molecule has 0 aliphatic heterocycles. The Bertz CT molecular complexity index is 982. The molecule has 0 saturated carbocycles. The maximum Gasteiger partial charge on any atom is 0.275 e. The molecule has 0 radical (unpaired) electrons. The van der Waals surface area contributed by atoms with Crippen molar-refractivity contribution >= 4 is 46.3 Å². The van der Waals surface area contributed by atoms with Crippen molar-refractivity contribution in [1.82, 2.24) is 9.97 Å². The fourth-order valence-corrected chi connectivity index (χ4v) is 2.35. The van der Waals surface area contributed by atoms with E-state index in [1.807, 2.05) is 6.07 Å². The maximum atomic E-state index is 12.2. The summed E-state index contributed by atoms with van der Waals surface area (Å²) in [6, 6.07) is 13.6. The Balaban J connectivity index is 1.67. The number of benzene rings is 2. The number of carbonyl (C=O) groups is 1. The largest absolute Gasteiger partial charge is 0.339 e. The number of hydrogen-bond donors (Lipinski definition) is 2. The van der Waals surface area contributed by atoms with Gasteiger partial charge < -0.3 is 10.6 Å². The van der Waals surface area contributed by atoms with Crippen LogP contribution in [0.1, 0.15) is 16.1 Å². The van der Waals surface area contributed by atoms with Crippen molar-refractivity contribution in [3.05, 3.63) is 76.2 Å². The predicted molar refractivity (Wildman–Crippen MR) is 101 cm³/mol. The SMILES string of the molecule is N#Cc1ccc(NC(=O)c2cnc(Nc3ccc(Cl)c(Cl)c3)cn2)cc1. The van der Waals surface area contributed by atoms with Crippen molar-refractivity contribution in [2.45, 2.75) is 0 Å². The average molecular weight is 384 g/mol. The molecular formula is C18H11Cl2N5O. The molecule has 0 bridgehead atoms. The number of nitrogens with zero attached hydrogens (tertiary/aromatic N) is 3. The van der Waals surface area contributed by atoms with Gasteiger partial charge in [0, 0.05) is 11.4 Å². The number of rotatable bonds is 4. The van der Waals surface area contributed by atoms with Gasteiger partial charge in [0.05, 0.1) is 34.1 Å². The van der Waals surface area contributed by atoms with Crippen molar-refractivity contribution in [2.75, 3.05) is 10.6 Å². The fourth-order valence-electron chi connectivity index (χ4n) is 2.05. The van der Waals surface area contributed by atoms with Crippen LogP contribution in [0, 0.1) is 11.3 Å². The monoisotopic (exact) mass is 383 g/mol. The molecule has 0 unspecified atom stereocenters. The van der Waals surface area contributed by atoms with Gasteiger partial charge in [-0.1, -0.05) is 23.2 Å². The highest BCUT2D eigenvalue weighted by molar-refractivity contribution is 6.42. The molecule has 0 atom stereocenters. The Morgan fingerprint density at radius 3 is 2.31 bits per heavy atom. The summed E-state index contributed by atoms with van der Waals surface area (Å²) >= 11 is 11.8. The number of anilines is 3. The lowest BCUT2D eigenvalue weighted by Crippen LogP contribution is -2.14. The highest BCUT2D eigenvalue weighted by Gasteiger charge is 2.09. The smallest absolute Gasteiger partial charge is 0.275 e. The van der Waals surface area contributed by atoms with Gasteiger partial charge >= 0.3 is 0 Å². The van der Waals surface area contributed by atoms with Gasteiger partial charge in [-0.2, -0.15) is 5.26 Å². The van der Waals surface area contributed by atoms with Gasteiger partial charge in [-0.3, -0.25) is 4.79 Å². The van der Waals surface area contributed by atoms with Crippen molar-refractivity contribution in [3.63, 3.8) is 0 Å². The molecule has 8 heteroatoms. The molecule has 2 aromatic carbocycles. The Kier molecular flexibility index (Phi) is 5.32. The normalized spacial score (nSPS) is 10.0. The van der Waals surface area contributed by atoms with Crippen LogP contribution in [0.5, 0.6) is 0 Å². The number of aromatic nitrogens is 2. The van der Waals surface area contributed by atoms with Crippen molar-refractivity contribution in [3.8, 4) is 6.07 Å². The minimum Gasteiger partial charge on any atom is -0.339 e. The molecule has 0 spiro atoms. The zero-order chi connectivity index (χ0) is 18.5. The molecular weight excluding hydrogens is 373 g/mol. The second kappa shape index (κ2) is 7.83. The van der Waals surface area contributed by atoms with E-state index in [-0.39, 0.29) is 5.69 Å². The molecule has 0 fully saturated rings. The van der Waals surface area contributed by atoms with E-state index in [4.69, 9.17) is 28.5 Å². The molecule has 1 heterocycles. The molecule has 3 rings (SSSR count). The fraction of sp³-hybridized carbons (Fsp3) is 0. The Morgan fingerprint density at radius 2 is 1.69 bits per heavy atom. The van der Waals surface area contributed by atoms with Crippen LogP contribution in [0.3, 0.4) is 0 Å². The number of amides is 1. The van der Waals surface area contributed by atoms with Gasteiger partial charge in [-0.25, -0.2) is 9.97 Å². The average Bonchev–Trinajstić information content (AvgIpc) is 2.66. The molecule has 1 aromatic heterocycles. The number of carbonyl (C=O) groups excluding carboxylic acids is 1. The van der Waals surface area contributed by atoms with Gasteiger partial charge in [0.25, 0.3) is 5.91 Å². The molecule has 0 aliphatic rings. The Morgan fingerprint density at radius 1 is 0.962 bits per heavy atom. The summed E-state index contributed by atoms with van der Waals surface area (Å²) in [5.74, 6) is 0.0570. The first kappa shape index (κ1) is 17.7. The minimum absolute atomic E-state index is 0.161. The van der Waals surface area contributed by atoms with Crippen LogP contribution >= 0.6 is 23.2 Å². The van der Waals surface area contributed by atoms with Gasteiger partial charge in [0.2, 0.25) is 0 Å². The summed E-state index contributed by atoms with van der Waals surface area (Å²) in [5, 5.41) is 15.4. The third-order valence-electron chi connectivity index (χ3n) is 3.35. The van der Waals surface area contributed by atoms with Gasteiger partial charge in [0.15, 0.2) is 0 Å². The van der Waals surface area contributed by atoms with E-state index in [1.54, 1.807) is 42.5 Å². The summed E-state index contributed by atoms with van der Waals surface area (Å²) in [5.41, 5.74) is 1.94. The lowest BCUT2D eigenvalue weighted by Gasteiger charge is -2.08. The summed E-state index contributed by atoms with van der Waals surface area (Å²) in [4.78, 5) is 20.4. The second-order valence-electron chi connectivity index (χ2n) is 5.18. The number of nitriles is 1. The van der Waals surface area contributed by atoms with Gasteiger partial charge in [-0.05, 0) is 42.5 Å². The first-order chi connectivity index (χ1) is 12.5. The zero-order valence-corrected chi connectivity index (χ0v) is 14.7. The predicted octanol–water partition coefficient (Wildman–Crippen LogP) is 4.65. The molecule has 128 valence electrons. The summed E-state index contributed by atoms with van der Waals surface area (Å²) in [7, 11) is 0. The topological polar surface area (TPSA) is 90.7 Å². The Labute approximate surface area is 159 Å². The number of nitrogens with one attached hydrogen (secondary N) is 2. The van der Waals surface area contributed by atoms with Gasteiger partial charge in [0.1, 0.15) is 11.5 Å². The van der Waals surface area contributed by atoms with Crippen LogP contribution in [0.2, 0.25) is 10.0 Å². The van der Waals surface area contributed by atoms with Crippen LogP contribution < -0.4 is 10.6 Å². The van der Waals surface area contributed by atoms with Crippen LogP contribution in [-0.4, -0.2) is 15.9 Å². The highest BCUT2D eigenvalue weighted by Crippen LogP contribution is 2.26. The first-order valence-corrected chi connectivity index (χ1v) is 8.16. The van der Waals surface area contributed by atoms with Crippen molar-refractivity contribution in [1.29, 1.82) is 5.26 Å². The standard InChI is InChI=1S/C18H11Cl2N5O/c19-14-6-5-13(7-15(14)20)24-17-10-22-16(9-23-17)18(26)25-12-3-1-11(8-21)2-4-12/h1-7,9-10H,(H,23,24)(H,25,26). The third-order valence-corrected chi connectivity index (χ3v) is 4.09. The maximum absolute atomic E-state index is 12.2. The molecule has 2 N–H and O–H groups in total. The summed E-state index contributed by atoms with van der Waals surface area (Å²) in [6.07, 6.45) is 2.80.